The van der Waals surface area contributed by atoms with Crippen LogP contribution in [-0.4, -0.2) is 17.5 Å². The van der Waals surface area contributed by atoms with Gasteiger partial charge >= 0.3 is 0 Å². The molecule has 0 bridgehead atoms. The summed E-state index contributed by atoms with van der Waals surface area (Å²) in [4.78, 5) is 12.1. The van der Waals surface area contributed by atoms with Crippen molar-refractivity contribution in [2.24, 2.45) is 0 Å². The minimum Gasteiger partial charge on any atom is -0.350 e. The van der Waals surface area contributed by atoms with Gasteiger partial charge in [0.1, 0.15) is 0 Å². The quantitative estimate of drug-likeness (QED) is 0.866. The van der Waals surface area contributed by atoms with E-state index < -0.39 is 0 Å². The lowest BCUT2D eigenvalue weighted by molar-refractivity contribution is -0.124. The highest BCUT2D eigenvalue weighted by molar-refractivity contribution is 5.82. The number of hydrogen-bond donors (Lipinski definition) is 2. The number of amides is 1. The zero-order chi connectivity index (χ0) is 15.3. The number of aryl methyl sites for hydroxylation is 1. The maximum Gasteiger partial charge on any atom is 0.237 e. The Balaban J connectivity index is 2.68. The largest absolute Gasteiger partial charge is 0.350 e. The molecule has 112 valence electrons. The summed E-state index contributed by atoms with van der Waals surface area (Å²) in [5, 5.41) is 6.42. The lowest BCUT2D eigenvalue weighted by atomic mass is 10.0. The Kier molecular flexibility index (Phi) is 5.75. The van der Waals surface area contributed by atoms with Gasteiger partial charge in [-0.2, -0.15) is 0 Å². The average molecular weight is 276 g/mol. The third-order valence-corrected chi connectivity index (χ3v) is 3.23. The van der Waals surface area contributed by atoms with E-state index in [1.165, 1.54) is 11.1 Å². The number of carbonyl (C=O) groups is 1. The molecule has 2 unspecified atom stereocenters. The van der Waals surface area contributed by atoms with E-state index in [1.54, 1.807) is 0 Å². The van der Waals surface area contributed by atoms with E-state index in [-0.39, 0.29) is 23.5 Å². The van der Waals surface area contributed by atoms with Crippen molar-refractivity contribution in [2.75, 3.05) is 0 Å². The fourth-order valence-electron chi connectivity index (χ4n) is 2.10. The smallest absolute Gasteiger partial charge is 0.237 e. The van der Waals surface area contributed by atoms with E-state index in [0.717, 1.165) is 6.42 Å². The maximum atomic E-state index is 12.1. The summed E-state index contributed by atoms with van der Waals surface area (Å²) < 4.78 is 0. The second-order valence-corrected chi connectivity index (χ2v) is 6.50. The van der Waals surface area contributed by atoms with Crippen molar-refractivity contribution >= 4 is 5.91 Å². The molecule has 1 rings (SSSR count). The average Bonchev–Trinajstić information content (AvgIpc) is 2.34. The van der Waals surface area contributed by atoms with Crippen LogP contribution in [-0.2, 0) is 4.79 Å². The number of nitrogens with one attached hydrogen (secondary N) is 2. The van der Waals surface area contributed by atoms with Crippen LogP contribution in [0.25, 0.3) is 0 Å². The molecule has 0 heterocycles. The highest BCUT2D eigenvalue weighted by Crippen LogP contribution is 2.18. The SMILES string of the molecule is CCC(NC(C)C(=O)NC(C)(C)C)c1ccc(C)cc1. The molecule has 0 aliphatic carbocycles. The van der Waals surface area contributed by atoms with Crippen LogP contribution in [0.2, 0.25) is 0 Å². The molecule has 2 atom stereocenters. The van der Waals surface area contributed by atoms with Crippen molar-refractivity contribution in [3.8, 4) is 0 Å². The first-order chi connectivity index (χ1) is 9.23. The Morgan fingerprint density at radius 2 is 1.75 bits per heavy atom. The lowest BCUT2D eigenvalue weighted by Crippen LogP contribution is -2.50. The highest BCUT2D eigenvalue weighted by Gasteiger charge is 2.21. The van der Waals surface area contributed by atoms with E-state index in [1.807, 2.05) is 27.7 Å². The summed E-state index contributed by atoms with van der Waals surface area (Å²) in [5.74, 6) is 0.0445. The predicted molar refractivity (Wildman–Crippen MR) is 84.7 cm³/mol. The van der Waals surface area contributed by atoms with Crippen molar-refractivity contribution in [3.05, 3.63) is 35.4 Å². The topological polar surface area (TPSA) is 41.1 Å². The molecule has 20 heavy (non-hydrogen) atoms. The van der Waals surface area contributed by atoms with Gasteiger partial charge in [0.2, 0.25) is 5.91 Å². The minimum atomic E-state index is -0.208. The van der Waals surface area contributed by atoms with Gasteiger partial charge in [0.15, 0.2) is 0 Å². The molecule has 0 saturated heterocycles. The molecule has 0 radical (unpaired) electrons. The maximum absolute atomic E-state index is 12.1. The van der Waals surface area contributed by atoms with Gasteiger partial charge in [-0.05, 0) is 46.6 Å². The third-order valence-electron chi connectivity index (χ3n) is 3.23. The van der Waals surface area contributed by atoms with Crippen LogP contribution in [0.5, 0.6) is 0 Å². The molecule has 2 N–H and O–H groups in total. The monoisotopic (exact) mass is 276 g/mol. The van der Waals surface area contributed by atoms with Gasteiger partial charge in [0, 0.05) is 11.6 Å². The molecular weight excluding hydrogens is 248 g/mol. The van der Waals surface area contributed by atoms with Gasteiger partial charge in [0.05, 0.1) is 6.04 Å². The Labute approximate surface area is 123 Å². The van der Waals surface area contributed by atoms with E-state index in [4.69, 9.17) is 0 Å². The lowest BCUT2D eigenvalue weighted by Gasteiger charge is -2.26. The minimum absolute atomic E-state index is 0.0445. The van der Waals surface area contributed by atoms with E-state index >= 15 is 0 Å². The van der Waals surface area contributed by atoms with E-state index in [2.05, 4.69) is 48.7 Å². The van der Waals surface area contributed by atoms with Gasteiger partial charge in [-0.25, -0.2) is 0 Å². The van der Waals surface area contributed by atoms with Crippen LogP contribution in [0.15, 0.2) is 24.3 Å². The van der Waals surface area contributed by atoms with Crippen molar-refractivity contribution < 1.29 is 4.79 Å². The van der Waals surface area contributed by atoms with E-state index in [0.29, 0.717) is 0 Å². The van der Waals surface area contributed by atoms with Crippen molar-refractivity contribution in [3.63, 3.8) is 0 Å². The normalized spacial score (nSPS) is 14.7. The van der Waals surface area contributed by atoms with Crippen LogP contribution in [0.4, 0.5) is 0 Å². The van der Waals surface area contributed by atoms with Crippen LogP contribution < -0.4 is 10.6 Å². The summed E-state index contributed by atoms with van der Waals surface area (Å²) in [6, 6.07) is 8.48. The van der Waals surface area contributed by atoms with Gasteiger partial charge in [0.25, 0.3) is 0 Å². The van der Waals surface area contributed by atoms with E-state index in [9.17, 15) is 4.79 Å². The molecule has 0 spiro atoms. The molecule has 3 nitrogen and oxygen atoms in total. The standard InChI is InChI=1S/C17H28N2O/c1-7-15(14-10-8-12(2)9-11-14)18-13(3)16(20)19-17(4,5)6/h8-11,13,15,18H,7H2,1-6H3,(H,19,20). The second-order valence-electron chi connectivity index (χ2n) is 6.50. The van der Waals surface area contributed by atoms with Crippen LogP contribution in [0, 0.1) is 6.92 Å². The summed E-state index contributed by atoms with van der Waals surface area (Å²) in [6.07, 6.45) is 0.955. The first-order valence-corrected chi connectivity index (χ1v) is 7.37. The predicted octanol–water partition coefficient (Wildman–Crippen LogP) is 3.34. The van der Waals surface area contributed by atoms with Gasteiger partial charge in [-0.15, -0.1) is 0 Å². The van der Waals surface area contributed by atoms with Crippen LogP contribution in [0.1, 0.15) is 58.2 Å². The molecule has 0 fully saturated rings. The molecule has 1 aromatic rings. The van der Waals surface area contributed by atoms with Gasteiger partial charge in [-0.3, -0.25) is 10.1 Å². The fourth-order valence-corrected chi connectivity index (χ4v) is 2.10. The zero-order valence-electron chi connectivity index (χ0n) is 13.6. The molecular formula is C17H28N2O. The summed E-state index contributed by atoms with van der Waals surface area (Å²) >= 11 is 0. The third kappa shape index (κ3) is 5.33. The van der Waals surface area contributed by atoms with Crippen molar-refractivity contribution in [1.82, 2.24) is 10.6 Å². The number of rotatable bonds is 5. The molecule has 1 amide bonds. The Morgan fingerprint density at radius 1 is 1.20 bits per heavy atom. The number of hydrogen-bond acceptors (Lipinski definition) is 2. The first-order valence-electron chi connectivity index (χ1n) is 7.37. The summed E-state index contributed by atoms with van der Waals surface area (Å²) in [6.45, 7) is 12.1. The molecule has 1 aromatic carbocycles. The molecule has 3 heteroatoms. The Bertz CT molecular complexity index is 431. The van der Waals surface area contributed by atoms with Crippen LogP contribution in [0.3, 0.4) is 0 Å². The Hall–Kier alpha value is -1.35. The highest BCUT2D eigenvalue weighted by atomic mass is 16.2. The zero-order valence-corrected chi connectivity index (χ0v) is 13.6. The van der Waals surface area contributed by atoms with Gasteiger partial charge in [-0.1, -0.05) is 36.8 Å². The first kappa shape index (κ1) is 16.7. The van der Waals surface area contributed by atoms with Crippen molar-refractivity contribution in [2.45, 2.75) is 65.6 Å². The molecule has 0 aliphatic heterocycles. The fraction of sp³-hybridized carbons (Fsp3) is 0.588. The van der Waals surface area contributed by atoms with Crippen molar-refractivity contribution in [1.29, 1.82) is 0 Å². The summed E-state index contributed by atoms with van der Waals surface area (Å²) in [5.41, 5.74) is 2.29. The summed E-state index contributed by atoms with van der Waals surface area (Å²) in [7, 11) is 0. The Morgan fingerprint density at radius 3 is 2.20 bits per heavy atom. The number of carbonyl (C=O) groups excluding carboxylic acids is 1. The van der Waals surface area contributed by atoms with Gasteiger partial charge < -0.3 is 5.32 Å². The number of benzene rings is 1. The second kappa shape index (κ2) is 6.89. The molecule has 0 aromatic heterocycles. The molecule has 0 aliphatic rings. The van der Waals surface area contributed by atoms with Crippen LogP contribution >= 0.6 is 0 Å². The molecule has 0 saturated carbocycles.